The standard InChI is InChI=1S/C15H20BrClN2.2ClH/c1-11(2)9-15(19-7-5-18-6-8-19)13-10-12(17)3-4-14(13)16;;/h3-4,10,15,18H,1,5-9H2,2H3;2*1H/t15-;;/m1../s1. The second kappa shape index (κ2) is 10.1. The average molecular weight is 417 g/mol. The molecule has 2 nitrogen and oxygen atoms in total. The maximum Gasteiger partial charge on any atom is 0.0410 e. The number of rotatable bonds is 4. The van der Waals surface area contributed by atoms with Gasteiger partial charge in [0.15, 0.2) is 0 Å². The molecule has 6 heteroatoms. The fourth-order valence-corrected chi connectivity index (χ4v) is 3.22. The molecule has 1 aromatic carbocycles. The van der Waals surface area contributed by atoms with E-state index >= 15 is 0 Å². The predicted octanol–water partition coefficient (Wildman–Crippen LogP) is 4.86. The quantitative estimate of drug-likeness (QED) is 0.705. The summed E-state index contributed by atoms with van der Waals surface area (Å²) in [6.45, 7) is 10.4. The van der Waals surface area contributed by atoms with Crippen LogP contribution >= 0.6 is 52.3 Å². The lowest BCUT2D eigenvalue weighted by atomic mass is 9.98. The summed E-state index contributed by atoms with van der Waals surface area (Å²) >= 11 is 9.82. The molecule has 1 aromatic rings. The first kappa shape index (κ1) is 21.2. The average Bonchev–Trinajstić information content (AvgIpc) is 2.40. The van der Waals surface area contributed by atoms with Crippen LogP contribution in [0.3, 0.4) is 0 Å². The van der Waals surface area contributed by atoms with Crippen LogP contribution in [-0.4, -0.2) is 31.1 Å². The molecule has 0 aliphatic carbocycles. The third-order valence-electron chi connectivity index (χ3n) is 3.45. The Balaban J connectivity index is 0.00000200. The van der Waals surface area contributed by atoms with Crippen molar-refractivity contribution in [3.8, 4) is 0 Å². The van der Waals surface area contributed by atoms with Crippen LogP contribution in [0, 0.1) is 0 Å². The van der Waals surface area contributed by atoms with Gasteiger partial charge in [0.1, 0.15) is 0 Å². The summed E-state index contributed by atoms with van der Waals surface area (Å²) in [5.41, 5.74) is 2.47. The van der Waals surface area contributed by atoms with E-state index in [9.17, 15) is 0 Å². The van der Waals surface area contributed by atoms with E-state index in [1.165, 1.54) is 11.1 Å². The van der Waals surface area contributed by atoms with Crippen molar-refractivity contribution < 1.29 is 0 Å². The maximum absolute atomic E-state index is 6.16. The summed E-state index contributed by atoms with van der Waals surface area (Å²) in [4.78, 5) is 2.52. The van der Waals surface area contributed by atoms with Crippen LogP contribution in [0.2, 0.25) is 5.02 Å². The molecule has 1 heterocycles. The van der Waals surface area contributed by atoms with E-state index < -0.39 is 0 Å². The smallest absolute Gasteiger partial charge is 0.0410 e. The highest BCUT2D eigenvalue weighted by Crippen LogP contribution is 2.34. The summed E-state index contributed by atoms with van der Waals surface area (Å²) in [7, 11) is 0. The highest BCUT2D eigenvalue weighted by atomic mass is 79.9. The molecule has 1 atom stereocenters. The molecule has 1 saturated heterocycles. The minimum absolute atomic E-state index is 0. The van der Waals surface area contributed by atoms with Crippen molar-refractivity contribution in [1.82, 2.24) is 10.2 Å². The second-order valence-electron chi connectivity index (χ2n) is 5.13. The van der Waals surface area contributed by atoms with Gasteiger partial charge in [-0.05, 0) is 37.1 Å². The molecule has 1 aliphatic heterocycles. The Labute approximate surface area is 153 Å². The van der Waals surface area contributed by atoms with Crippen molar-refractivity contribution in [2.75, 3.05) is 26.2 Å². The summed E-state index contributed by atoms with van der Waals surface area (Å²) < 4.78 is 1.13. The fourth-order valence-electron chi connectivity index (χ4n) is 2.53. The molecule has 120 valence electrons. The highest BCUT2D eigenvalue weighted by molar-refractivity contribution is 9.10. The van der Waals surface area contributed by atoms with Gasteiger partial charge in [-0.2, -0.15) is 0 Å². The summed E-state index contributed by atoms with van der Waals surface area (Å²) in [6.07, 6.45) is 0.971. The Morgan fingerprint density at radius 1 is 1.38 bits per heavy atom. The van der Waals surface area contributed by atoms with Gasteiger partial charge in [0.2, 0.25) is 0 Å². The molecule has 1 N–H and O–H groups in total. The Morgan fingerprint density at radius 2 is 2.00 bits per heavy atom. The second-order valence-corrected chi connectivity index (χ2v) is 6.42. The molecule has 0 spiro atoms. The third-order valence-corrected chi connectivity index (χ3v) is 4.41. The maximum atomic E-state index is 6.16. The van der Waals surface area contributed by atoms with Crippen LogP contribution < -0.4 is 5.32 Å². The van der Waals surface area contributed by atoms with Crippen LogP contribution in [-0.2, 0) is 0 Å². The normalized spacial score (nSPS) is 16.5. The molecule has 1 aliphatic rings. The Hall–Kier alpha value is 0.230. The van der Waals surface area contributed by atoms with E-state index in [1.54, 1.807) is 0 Å². The van der Waals surface area contributed by atoms with Gasteiger partial charge in [-0.1, -0.05) is 33.1 Å². The molecule has 21 heavy (non-hydrogen) atoms. The molecular formula is C15H22BrCl3N2. The zero-order valence-electron chi connectivity index (χ0n) is 12.1. The highest BCUT2D eigenvalue weighted by Gasteiger charge is 2.24. The molecule has 0 saturated carbocycles. The van der Waals surface area contributed by atoms with Gasteiger partial charge in [0.25, 0.3) is 0 Å². The van der Waals surface area contributed by atoms with Crippen LogP contribution in [0.1, 0.15) is 24.9 Å². The molecule has 1 fully saturated rings. The summed E-state index contributed by atoms with van der Waals surface area (Å²) in [6, 6.07) is 6.38. The minimum Gasteiger partial charge on any atom is -0.314 e. The van der Waals surface area contributed by atoms with Crippen molar-refractivity contribution in [1.29, 1.82) is 0 Å². The molecule has 0 radical (unpaired) electrons. The van der Waals surface area contributed by atoms with Crippen molar-refractivity contribution in [2.24, 2.45) is 0 Å². The minimum atomic E-state index is 0. The lowest BCUT2D eigenvalue weighted by molar-refractivity contribution is 0.172. The van der Waals surface area contributed by atoms with Crippen molar-refractivity contribution in [3.05, 3.63) is 45.4 Å². The lowest BCUT2D eigenvalue weighted by Crippen LogP contribution is -2.45. The number of halogens is 4. The Bertz CT molecular complexity index is 462. The SMILES string of the molecule is C=C(C)C[C@H](c1cc(Cl)ccc1Br)N1CCNCC1.Cl.Cl. The van der Waals surface area contributed by atoms with Crippen molar-refractivity contribution in [2.45, 2.75) is 19.4 Å². The molecule has 0 bridgehead atoms. The van der Waals surface area contributed by atoms with E-state index in [-0.39, 0.29) is 24.8 Å². The number of hydrogen-bond acceptors (Lipinski definition) is 2. The molecule has 0 aromatic heterocycles. The molecular weight excluding hydrogens is 394 g/mol. The summed E-state index contributed by atoms with van der Waals surface area (Å²) in [5.74, 6) is 0. The van der Waals surface area contributed by atoms with E-state index in [0.717, 1.165) is 42.1 Å². The van der Waals surface area contributed by atoms with E-state index in [2.05, 4.69) is 45.7 Å². The topological polar surface area (TPSA) is 15.3 Å². The number of benzene rings is 1. The first-order valence-electron chi connectivity index (χ1n) is 6.62. The Morgan fingerprint density at radius 3 is 2.57 bits per heavy atom. The monoisotopic (exact) mass is 414 g/mol. The predicted molar refractivity (Wildman–Crippen MR) is 100 cm³/mol. The van der Waals surface area contributed by atoms with Crippen LogP contribution in [0.15, 0.2) is 34.8 Å². The fraction of sp³-hybridized carbons (Fsp3) is 0.467. The number of piperazine rings is 1. The van der Waals surface area contributed by atoms with E-state index in [0.29, 0.717) is 6.04 Å². The zero-order valence-corrected chi connectivity index (χ0v) is 16.0. The zero-order chi connectivity index (χ0) is 13.8. The number of nitrogens with one attached hydrogen (secondary N) is 1. The lowest BCUT2D eigenvalue weighted by Gasteiger charge is -2.36. The van der Waals surface area contributed by atoms with Crippen LogP contribution in [0.25, 0.3) is 0 Å². The Kier molecular flexibility index (Phi) is 10.2. The van der Waals surface area contributed by atoms with Gasteiger partial charge >= 0.3 is 0 Å². The van der Waals surface area contributed by atoms with Gasteiger partial charge < -0.3 is 5.32 Å². The molecule has 0 amide bonds. The van der Waals surface area contributed by atoms with Crippen molar-refractivity contribution >= 4 is 52.3 Å². The van der Waals surface area contributed by atoms with Crippen LogP contribution in [0.4, 0.5) is 0 Å². The van der Waals surface area contributed by atoms with Gasteiger partial charge in [0.05, 0.1) is 0 Å². The first-order chi connectivity index (χ1) is 9.08. The third kappa shape index (κ3) is 6.09. The van der Waals surface area contributed by atoms with E-state index in [1.807, 2.05) is 12.1 Å². The number of nitrogens with zero attached hydrogens (tertiary/aromatic N) is 1. The van der Waals surface area contributed by atoms with Gasteiger partial charge in [0, 0.05) is 41.7 Å². The van der Waals surface area contributed by atoms with Crippen LogP contribution in [0.5, 0.6) is 0 Å². The number of hydrogen-bond donors (Lipinski definition) is 1. The summed E-state index contributed by atoms with van der Waals surface area (Å²) in [5, 5.41) is 4.19. The molecule has 0 unspecified atom stereocenters. The van der Waals surface area contributed by atoms with Gasteiger partial charge in [-0.15, -0.1) is 31.4 Å². The first-order valence-corrected chi connectivity index (χ1v) is 7.79. The van der Waals surface area contributed by atoms with E-state index in [4.69, 9.17) is 11.6 Å². The molecule has 2 rings (SSSR count). The van der Waals surface area contributed by atoms with Gasteiger partial charge in [-0.3, -0.25) is 4.90 Å². The van der Waals surface area contributed by atoms with Crippen molar-refractivity contribution in [3.63, 3.8) is 0 Å². The largest absolute Gasteiger partial charge is 0.314 e. The van der Waals surface area contributed by atoms with Gasteiger partial charge in [-0.25, -0.2) is 0 Å².